The Morgan fingerprint density at radius 2 is 1.42 bits per heavy atom. The van der Waals surface area contributed by atoms with Gasteiger partial charge in [-0.15, -0.1) is 0 Å². The molecule has 2 aromatic carbocycles. The normalized spacial score (nSPS) is 12.5. The Hall–Kier alpha value is -1.45. The minimum Gasteiger partial charge on any atom is -0.384 e. The van der Waals surface area contributed by atoms with Crippen LogP contribution < -0.4 is 0 Å². The van der Waals surface area contributed by atoms with Crippen molar-refractivity contribution < 1.29 is 8.95 Å². The van der Waals surface area contributed by atoms with Gasteiger partial charge >= 0.3 is 0 Å². The van der Waals surface area contributed by atoms with Crippen molar-refractivity contribution in [1.82, 2.24) is 0 Å². The average molecular weight is 274 g/mol. The van der Waals surface area contributed by atoms with Gasteiger partial charge < -0.3 is 4.74 Å². The topological polar surface area (TPSA) is 26.3 Å². The largest absolute Gasteiger partial charge is 0.384 e. The third kappa shape index (κ3) is 3.75. The van der Waals surface area contributed by atoms with Crippen LogP contribution >= 0.6 is 0 Å². The van der Waals surface area contributed by atoms with E-state index in [1.807, 2.05) is 60.7 Å². The second kappa shape index (κ2) is 7.22. The number of rotatable bonds is 6. The van der Waals surface area contributed by atoms with E-state index in [2.05, 4.69) is 0 Å². The molecule has 0 radical (unpaired) electrons. The maximum absolute atomic E-state index is 12.5. The Morgan fingerprint density at radius 3 is 1.84 bits per heavy atom. The van der Waals surface area contributed by atoms with Crippen LogP contribution in [-0.2, 0) is 15.5 Å². The molecule has 0 aliphatic rings. The standard InChI is InChI=1S/C16H18O2S/c1-18-12-13-19(17)16(14-8-4-2-5-9-14)15-10-6-3-7-11-15/h2-11,16H,12-13H2,1H3. The van der Waals surface area contributed by atoms with Gasteiger partial charge in [0.1, 0.15) is 0 Å². The molecule has 1 unspecified atom stereocenters. The van der Waals surface area contributed by atoms with Gasteiger partial charge in [0.2, 0.25) is 0 Å². The van der Waals surface area contributed by atoms with E-state index in [1.54, 1.807) is 7.11 Å². The molecule has 2 nitrogen and oxygen atoms in total. The molecule has 3 heteroatoms. The first-order valence-corrected chi connectivity index (χ1v) is 7.67. The van der Waals surface area contributed by atoms with Crippen LogP contribution in [-0.4, -0.2) is 23.7 Å². The molecule has 0 N–H and O–H groups in total. The van der Waals surface area contributed by atoms with E-state index in [4.69, 9.17) is 4.74 Å². The maximum Gasteiger partial charge on any atom is 0.0847 e. The van der Waals surface area contributed by atoms with Gasteiger partial charge in [0.15, 0.2) is 0 Å². The van der Waals surface area contributed by atoms with Crippen LogP contribution in [0, 0.1) is 0 Å². The molecule has 0 aliphatic carbocycles. The molecule has 0 saturated heterocycles. The molecule has 0 fully saturated rings. The highest BCUT2D eigenvalue weighted by Crippen LogP contribution is 2.28. The molecule has 0 heterocycles. The van der Waals surface area contributed by atoms with Crippen LogP contribution in [0.5, 0.6) is 0 Å². The lowest BCUT2D eigenvalue weighted by atomic mass is 10.0. The number of ether oxygens (including phenoxy) is 1. The van der Waals surface area contributed by atoms with E-state index in [1.165, 1.54) is 0 Å². The molecular weight excluding hydrogens is 256 g/mol. The molecule has 0 aromatic heterocycles. The van der Waals surface area contributed by atoms with Crippen LogP contribution in [0.15, 0.2) is 60.7 Å². The van der Waals surface area contributed by atoms with Gasteiger partial charge in [-0.2, -0.15) is 0 Å². The predicted molar refractivity (Wildman–Crippen MR) is 79.6 cm³/mol. The third-order valence-electron chi connectivity index (χ3n) is 2.96. The minimum absolute atomic E-state index is 0.0856. The summed E-state index contributed by atoms with van der Waals surface area (Å²) < 4.78 is 17.6. The average Bonchev–Trinajstić information content (AvgIpc) is 2.47. The quantitative estimate of drug-likeness (QED) is 0.808. The zero-order chi connectivity index (χ0) is 13.5. The van der Waals surface area contributed by atoms with Crippen molar-refractivity contribution in [2.75, 3.05) is 19.5 Å². The summed E-state index contributed by atoms with van der Waals surface area (Å²) in [5, 5.41) is -0.0856. The van der Waals surface area contributed by atoms with Crippen LogP contribution in [0.1, 0.15) is 16.4 Å². The molecule has 2 aromatic rings. The van der Waals surface area contributed by atoms with Crippen molar-refractivity contribution in [2.45, 2.75) is 5.25 Å². The fourth-order valence-corrected chi connectivity index (χ4v) is 3.52. The van der Waals surface area contributed by atoms with Gasteiger partial charge in [-0.25, -0.2) is 0 Å². The van der Waals surface area contributed by atoms with Gasteiger partial charge in [-0.3, -0.25) is 4.21 Å². The SMILES string of the molecule is COCCS(=O)C(c1ccccc1)c1ccccc1. The van der Waals surface area contributed by atoms with E-state index in [0.29, 0.717) is 12.4 Å². The summed E-state index contributed by atoms with van der Waals surface area (Å²) in [5.74, 6) is 0.547. The molecule has 2 rings (SSSR count). The van der Waals surface area contributed by atoms with Crippen LogP contribution in [0.25, 0.3) is 0 Å². The summed E-state index contributed by atoms with van der Waals surface area (Å²) >= 11 is 0. The van der Waals surface area contributed by atoms with Crippen molar-refractivity contribution in [3.63, 3.8) is 0 Å². The zero-order valence-corrected chi connectivity index (χ0v) is 11.8. The van der Waals surface area contributed by atoms with Gasteiger partial charge in [0.05, 0.1) is 11.9 Å². The smallest absolute Gasteiger partial charge is 0.0847 e. The van der Waals surface area contributed by atoms with Crippen molar-refractivity contribution in [2.24, 2.45) is 0 Å². The number of hydrogen-bond donors (Lipinski definition) is 0. The van der Waals surface area contributed by atoms with Crippen molar-refractivity contribution in [3.05, 3.63) is 71.8 Å². The van der Waals surface area contributed by atoms with Gasteiger partial charge in [0, 0.05) is 23.7 Å². The number of methoxy groups -OCH3 is 1. The second-order valence-corrected chi connectivity index (χ2v) is 5.92. The van der Waals surface area contributed by atoms with Crippen LogP contribution in [0.2, 0.25) is 0 Å². The molecule has 100 valence electrons. The van der Waals surface area contributed by atoms with E-state index in [9.17, 15) is 4.21 Å². The van der Waals surface area contributed by atoms with E-state index in [0.717, 1.165) is 11.1 Å². The molecule has 0 saturated carbocycles. The van der Waals surface area contributed by atoms with Crippen molar-refractivity contribution >= 4 is 10.8 Å². The first kappa shape index (κ1) is 14.0. The summed E-state index contributed by atoms with van der Waals surface area (Å²) in [7, 11) is 0.652. The maximum atomic E-state index is 12.5. The summed E-state index contributed by atoms with van der Waals surface area (Å²) in [6.45, 7) is 0.517. The lowest BCUT2D eigenvalue weighted by Crippen LogP contribution is -2.14. The summed E-state index contributed by atoms with van der Waals surface area (Å²) in [5.41, 5.74) is 2.17. The van der Waals surface area contributed by atoms with Crippen molar-refractivity contribution in [3.8, 4) is 0 Å². The van der Waals surface area contributed by atoms with Gasteiger partial charge in [-0.1, -0.05) is 60.7 Å². The number of benzene rings is 2. The lowest BCUT2D eigenvalue weighted by molar-refractivity contribution is 0.218. The van der Waals surface area contributed by atoms with Crippen LogP contribution in [0.4, 0.5) is 0 Å². The second-order valence-electron chi connectivity index (χ2n) is 4.28. The highest BCUT2D eigenvalue weighted by Gasteiger charge is 2.20. The van der Waals surface area contributed by atoms with Gasteiger partial charge in [0.25, 0.3) is 0 Å². The molecule has 0 amide bonds. The van der Waals surface area contributed by atoms with E-state index >= 15 is 0 Å². The zero-order valence-electron chi connectivity index (χ0n) is 11.0. The van der Waals surface area contributed by atoms with E-state index < -0.39 is 10.8 Å². The first-order chi connectivity index (χ1) is 9.33. The Kier molecular flexibility index (Phi) is 5.31. The van der Waals surface area contributed by atoms with Crippen LogP contribution in [0.3, 0.4) is 0 Å². The first-order valence-electron chi connectivity index (χ1n) is 6.29. The van der Waals surface area contributed by atoms with Gasteiger partial charge in [-0.05, 0) is 11.1 Å². The fraction of sp³-hybridized carbons (Fsp3) is 0.250. The molecule has 1 atom stereocenters. The summed E-state index contributed by atoms with van der Waals surface area (Å²) in [6.07, 6.45) is 0. The number of hydrogen-bond acceptors (Lipinski definition) is 2. The Labute approximate surface area is 116 Å². The molecule has 0 spiro atoms. The molecular formula is C16H18O2S. The highest BCUT2D eigenvalue weighted by molar-refractivity contribution is 7.85. The monoisotopic (exact) mass is 274 g/mol. The van der Waals surface area contributed by atoms with E-state index in [-0.39, 0.29) is 5.25 Å². The molecule has 0 bridgehead atoms. The highest BCUT2D eigenvalue weighted by atomic mass is 32.2. The lowest BCUT2D eigenvalue weighted by Gasteiger charge is -2.17. The molecule has 0 aliphatic heterocycles. The van der Waals surface area contributed by atoms with Crippen molar-refractivity contribution in [1.29, 1.82) is 0 Å². The summed E-state index contributed by atoms with van der Waals surface area (Å²) in [6, 6.07) is 20.0. The summed E-state index contributed by atoms with van der Waals surface area (Å²) in [4.78, 5) is 0. The fourth-order valence-electron chi connectivity index (χ4n) is 2.03. The Balaban J connectivity index is 2.31. The molecule has 19 heavy (non-hydrogen) atoms. The third-order valence-corrected chi connectivity index (χ3v) is 4.60. The minimum atomic E-state index is -0.985. The Bertz CT molecular complexity index is 471. The Morgan fingerprint density at radius 1 is 0.947 bits per heavy atom. The predicted octanol–water partition coefficient (Wildman–Crippen LogP) is 3.17.